The van der Waals surface area contributed by atoms with E-state index in [1.165, 1.54) is 10.9 Å². The van der Waals surface area contributed by atoms with Crippen molar-refractivity contribution in [3.8, 4) is 16.9 Å². The number of fused-ring (bicyclic) bond motifs is 10. The van der Waals surface area contributed by atoms with Crippen molar-refractivity contribution in [1.82, 2.24) is 34.5 Å². The lowest BCUT2D eigenvalue weighted by atomic mass is 9.74. The van der Waals surface area contributed by atoms with Gasteiger partial charge in [-0.3, -0.25) is 0 Å². The number of aromatic nitrogens is 7. The molecule has 0 amide bonds. The topological polar surface area (TPSA) is 97.2 Å². The number of pyridine rings is 1. The fraction of sp³-hybridized carbons (Fsp3) is 0.0488. The lowest BCUT2D eigenvalue weighted by molar-refractivity contribution is 0.662. The van der Waals surface area contributed by atoms with Gasteiger partial charge in [0.05, 0.1) is 34.3 Å². The third kappa shape index (κ3) is 3.65. The summed E-state index contributed by atoms with van der Waals surface area (Å²) >= 11 is 0. The summed E-state index contributed by atoms with van der Waals surface area (Å²) < 4.78 is 2.28. The number of para-hydroxylation sites is 4. The van der Waals surface area contributed by atoms with E-state index in [-0.39, 0.29) is 5.92 Å². The summed E-state index contributed by atoms with van der Waals surface area (Å²) in [5.74, 6) is 0.679. The summed E-state index contributed by atoms with van der Waals surface area (Å²) in [6.07, 6.45) is 14.1. The molecule has 0 radical (unpaired) electrons. The van der Waals surface area contributed by atoms with Gasteiger partial charge in [-0.05, 0) is 42.0 Å². The number of allylic oxidation sites excluding steroid dienone is 3. The average molecular weight is 631 g/mol. The fourth-order valence-electron chi connectivity index (χ4n) is 7.97. The van der Waals surface area contributed by atoms with Crippen molar-refractivity contribution in [2.75, 3.05) is 5.32 Å². The minimum Gasteiger partial charge on any atom is -0.358 e. The molecule has 2 atom stereocenters. The Hall–Kier alpha value is -6.67. The van der Waals surface area contributed by atoms with Crippen LogP contribution in [0.25, 0.3) is 60.8 Å². The molecule has 6 heterocycles. The van der Waals surface area contributed by atoms with Crippen LogP contribution in [0.2, 0.25) is 0 Å². The molecule has 3 aromatic heterocycles. The molecule has 49 heavy (non-hydrogen) atoms. The van der Waals surface area contributed by atoms with Crippen LogP contribution in [0, 0.1) is 0 Å². The molecule has 0 saturated carbocycles. The Bertz CT molecular complexity index is 2840. The number of hydrogen-bond donors (Lipinski definition) is 2. The van der Waals surface area contributed by atoms with E-state index in [0.29, 0.717) is 17.0 Å². The van der Waals surface area contributed by atoms with Crippen LogP contribution >= 0.6 is 0 Å². The van der Waals surface area contributed by atoms with Crippen LogP contribution in [0.15, 0.2) is 146 Å². The van der Waals surface area contributed by atoms with Gasteiger partial charge in [0.1, 0.15) is 10.9 Å². The van der Waals surface area contributed by atoms with Gasteiger partial charge in [-0.1, -0.05) is 78.9 Å². The molecule has 2 N–H and O–H groups in total. The van der Waals surface area contributed by atoms with E-state index in [4.69, 9.17) is 15.0 Å². The molecule has 7 aromatic rings. The summed E-state index contributed by atoms with van der Waals surface area (Å²) in [4.78, 5) is 28.4. The van der Waals surface area contributed by atoms with Crippen molar-refractivity contribution in [1.29, 1.82) is 0 Å². The maximum atomic E-state index is 5.36. The van der Waals surface area contributed by atoms with Crippen LogP contribution in [0.3, 0.4) is 0 Å². The predicted octanol–water partition coefficient (Wildman–Crippen LogP) is 8.45. The van der Waals surface area contributed by atoms with Gasteiger partial charge in [0, 0.05) is 63.1 Å². The van der Waals surface area contributed by atoms with E-state index >= 15 is 0 Å². The highest BCUT2D eigenvalue weighted by Crippen LogP contribution is 2.51. The van der Waals surface area contributed by atoms with Crippen molar-refractivity contribution < 1.29 is 0 Å². The summed E-state index contributed by atoms with van der Waals surface area (Å²) in [6, 6.07) is 33.9. The second-order valence-corrected chi connectivity index (χ2v) is 12.8. The van der Waals surface area contributed by atoms with Crippen LogP contribution in [0.5, 0.6) is 0 Å². The number of benzene rings is 4. The molecule has 4 aromatic carbocycles. The molecule has 4 aliphatic rings. The van der Waals surface area contributed by atoms with Crippen molar-refractivity contribution in [2.45, 2.75) is 11.3 Å². The number of aromatic amines is 1. The van der Waals surface area contributed by atoms with Crippen molar-refractivity contribution >= 4 is 49.6 Å². The molecular formula is C41H26N8. The van der Waals surface area contributed by atoms with Gasteiger partial charge in [-0.2, -0.15) is 0 Å². The Morgan fingerprint density at radius 1 is 0.714 bits per heavy atom. The highest BCUT2D eigenvalue weighted by molar-refractivity contribution is 6.10. The van der Waals surface area contributed by atoms with Gasteiger partial charge in [0.15, 0.2) is 11.5 Å². The van der Waals surface area contributed by atoms with Crippen LogP contribution in [0.1, 0.15) is 23.0 Å². The van der Waals surface area contributed by atoms with E-state index in [1.54, 1.807) is 18.6 Å². The first kappa shape index (κ1) is 26.4. The van der Waals surface area contributed by atoms with Gasteiger partial charge in [0.25, 0.3) is 0 Å². The number of anilines is 1. The smallest absolute Gasteiger partial charge is 0.181 e. The highest BCUT2D eigenvalue weighted by Gasteiger charge is 2.44. The molecule has 11 rings (SSSR count). The van der Waals surface area contributed by atoms with E-state index in [2.05, 4.69) is 140 Å². The number of H-pyrrole nitrogens is 1. The standard InChI is InChI=1S/C41H26N8/c1-4-12-30-24(8-1)27-16-18-41(22-33(27)45-30,40-44-23-34-39(48-40)43-20-19-42-34)38-37-29(26-10-3-6-14-32(26)47-37)17-21-49(38)35-15-7-11-28-25-9-2-5-13-31(25)46-36(28)35/h1-23,27,45-46H. The predicted molar refractivity (Wildman–Crippen MR) is 193 cm³/mol. The van der Waals surface area contributed by atoms with Gasteiger partial charge < -0.3 is 14.9 Å². The summed E-state index contributed by atoms with van der Waals surface area (Å²) in [6.45, 7) is 0. The van der Waals surface area contributed by atoms with Crippen molar-refractivity contribution in [3.63, 3.8) is 0 Å². The molecule has 8 nitrogen and oxygen atoms in total. The number of nitrogens with zero attached hydrogens (tertiary/aromatic N) is 6. The first-order valence-corrected chi connectivity index (χ1v) is 16.4. The molecule has 1 aliphatic carbocycles. The molecule has 0 bridgehead atoms. The van der Waals surface area contributed by atoms with E-state index < -0.39 is 5.41 Å². The SMILES string of the molecule is C1=CC(c2ncc3nccnc3n2)(c2c3nc4ccccc4c-3ccn2-c2cccc3c2[nH]c2ccccc23)C=C2Nc3ccccc3C12. The van der Waals surface area contributed by atoms with Crippen LogP contribution in [-0.2, 0) is 5.41 Å². The first-order chi connectivity index (χ1) is 24.2. The fourth-order valence-corrected chi connectivity index (χ4v) is 7.97. The molecular weight excluding hydrogens is 605 g/mol. The third-order valence-electron chi connectivity index (χ3n) is 10.1. The second-order valence-electron chi connectivity index (χ2n) is 12.8. The zero-order valence-corrected chi connectivity index (χ0v) is 26.0. The molecule has 2 unspecified atom stereocenters. The Morgan fingerprint density at radius 3 is 2.53 bits per heavy atom. The summed E-state index contributed by atoms with van der Waals surface area (Å²) in [7, 11) is 0. The zero-order valence-electron chi connectivity index (χ0n) is 26.0. The Morgan fingerprint density at radius 2 is 1.55 bits per heavy atom. The van der Waals surface area contributed by atoms with Gasteiger partial charge in [-0.15, -0.1) is 0 Å². The monoisotopic (exact) mass is 630 g/mol. The van der Waals surface area contributed by atoms with Gasteiger partial charge in [-0.25, -0.2) is 24.9 Å². The van der Waals surface area contributed by atoms with Crippen LogP contribution in [-0.4, -0.2) is 34.5 Å². The maximum Gasteiger partial charge on any atom is 0.181 e. The molecule has 0 saturated heterocycles. The Balaban J connectivity index is 1.28. The van der Waals surface area contributed by atoms with E-state index in [1.807, 2.05) is 6.07 Å². The summed E-state index contributed by atoms with van der Waals surface area (Å²) in [5, 5.41) is 7.18. The lowest BCUT2D eigenvalue weighted by Gasteiger charge is -2.35. The molecule has 0 fully saturated rings. The van der Waals surface area contributed by atoms with Gasteiger partial charge >= 0.3 is 0 Å². The quantitative estimate of drug-likeness (QED) is 0.190. The molecule has 0 spiro atoms. The molecule has 3 aliphatic heterocycles. The van der Waals surface area contributed by atoms with Crippen LogP contribution < -0.4 is 5.32 Å². The van der Waals surface area contributed by atoms with Crippen molar-refractivity contribution in [3.05, 3.63) is 163 Å². The molecule has 230 valence electrons. The highest BCUT2D eigenvalue weighted by atomic mass is 15.1. The maximum absolute atomic E-state index is 5.36. The third-order valence-corrected chi connectivity index (χ3v) is 10.1. The minimum atomic E-state index is -0.947. The molecule has 8 heteroatoms. The van der Waals surface area contributed by atoms with Crippen molar-refractivity contribution in [2.24, 2.45) is 0 Å². The summed E-state index contributed by atoms with van der Waals surface area (Å²) in [5.41, 5.74) is 10.6. The van der Waals surface area contributed by atoms with E-state index in [9.17, 15) is 0 Å². The largest absolute Gasteiger partial charge is 0.358 e. The second kappa shape index (κ2) is 9.68. The normalized spacial score (nSPS) is 18.3. The van der Waals surface area contributed by atoms with Crippen LogP contribution in [0.4, 0.5) is 5.69 Å². The Labute approximate surface area is 279 Å². The van der Waals surface area contributed by atoms with Gasteiger partial charge in [0.2, 0.25) is 0 Å². The first-order valence-electron chi connectivity index (χ1n) is 16.4. The van der Waals surface area contributed by atoms with E-state index in [0.717, 1.165) is 61.3 Å². The zero-order chi connectivity index (χ0) is 32.1. The number of nitrogens with one attached hydrogen (secondary N) is 2. The minimum absolute atomic E-state index is 0.0843. The lowest BCUT2D eigenvalue weighted by Crippen LogP contribution is -2.33. The Kier molecular flexibility index (Phi) is 5.22. The number of rotatable bonds is 3. The average Bonchev–Trinajstić information content (AvgIpc) is 3.85. The number of hydrogen-bond acceptors (Lipinski definition) is 6.